The van der Waals surface area contributed by atoms with Crippen molar-refractivity contribution in [1.82, 2.24) is 0 Å². The zero-order valence-corrected chi connectivity index (χ0v) is 9.19. The average molecular weight is 239 g/mol. The molecule has 0 bridgehead atoms. The normalized spacial score (nSPS) is 13.6. The fourth-order valence-corrected chi connectivity index (χ4v) is 1.33. The van der Waals surface area contributed by atoms with Gasteiger partial charge in [0.1, 0.15) is 6.10 Å². The Morgan fingerprint density at radius 2 is 2.18 bits per heavy atom. The third kappa shape index (κ3) is 3.25. The topological polar surface area (TPSA) is 119 Å². The highest BCUT2D eigenvalue weighted by atomic mass is 16.5. The highest BCUT2D eigenvalue weighted by Crippen LogP contribution is 2.29. The maximum absolute atomic E-state index is 9.72. The van der Waals surface area contributed by atoms with E-state index in [-0.39, 0.29) is 18.0 Å². The first-order valence-electron chi connectivity index (χ1n) is 4.84. The second-order valence-electron chi connectivity index (χ2n) is 3.36. The first-order chi connectivity index (χ1) is 8.10. The monoisotopic (exact) mass is 239 g/mol. The van der Waals surface area contributed by atoms with Gasteiger partial charge in [-0.05, 0) is 23.2 Å². The van der Waals surface area contributed by atoms with Crippen LogP contribution < -0.4 is 4.74 Å². The quantitative estimate of drug-likeness (QED) is 0.405. The van der Waals surface area contributed by atoms with Crippen LogP contribution in [0.5, 0.6) is 11.5 Å². The summed E-state index contributed by atoms with van der Waals surface area (Å²) in [6.07, 6.45) is -2.46. The zero-order valence-electron chi connectivity index (χ0n) is 9.19. The first-order valence-corrected chi connectivity index (χ1v) is 4.84. The number of ether oxygens (including phenoxy) is 1. The number of aliphatic hydroxyl groups is 2. The predicted octanol–water partition coefficient (Wildman–Crippen LogP) is 1.11. The molecule has 0 saturated heterocycles. The van der Waals surface area contributed by atoms with Crippen LogP contribution >= 0.6 is 0 Å². The lowest BCUT2D eigenvalue weighted by Crippen LogP contribution is -2.21. The summed E-state index contributed by atoms with van der Waals surface area (Å²) in [7, 11) is 1.40. The molecule has 1 aromatic carbocycles. The van der Waals surface area contributed by atoms with Gasteiger partial charge in [-0.25, -0.2) is 0 Å². The molecule has 0 saturated carbocycles. The standard InChI is InChI=1S/C10H13N3O4/c1-17-9-3-2-6(4-7(9)14)10(16)8(15)5-12-13-11/h2-4,8,10,14-16H,5H2,1H3. The van der Waals surface area contributed by atoms with Crippen molar-refractivity contribution in [2.75, 3.05) is 13.7 Å². The van der Waals surface area contributed by atoms with Crippen LogP contribution in [-0.4, -0.2) is 35.1 Å². The molecule has 0 fully saturated rings. The van der Waals surface area contributed by atoms with E-state index < -0.39 is 12.2 Å². The lowest BCUT2D eigenvalue weighted by atomic mass is 10.0. The van der Waals surface area contributed by atoms with Gasteiger partial charge in [-0.2, -0.15) is 0 Å². The minimum absolute atomic E-state index is 0.139. The summed E-state index contributed by atoms with van der Waals surface area (Å²) in [4.78, 5) is 2.48. The van der Waals surface area contributed by atoms with Gasteiger partial charge in [0.05, 0.1) is 19.8 Å². The van der Waals surface area contributed by atoms with Crippen molar-refractivity contribution in [3.05, 3.63) is 34.2 Å². The highest BCUT2D eigenvalue weighted by molar-refractivity contribution is 5.42. The van der Waals surface area contributed by atoms with Crippen LogP contribution in [0, 0.1) is 0 Å². The Morgan fingerprint density at radius 3 is 2.71 bits per heavy atom. The summed E-state index contributed by atoms with van der Waals surface area (Å²) in [6, 6.07) is 4.25. The molecule has 0 spiro atoms. The van der Waals surface area contributed by atoms with Crippen LogP contribution in [0.1, 0.15) is 11.7 Å². The molecule has 3 N–H and O–H groups in total. The highest BCUT2D eigenvalue weighted by Gasteiger charge is 2.18. The number of aliphatic hydroxyl groups excluding tert-OH is 2. The number of benzene rings is 1. The van der Waals surface area contributed by atoms with Crippen LogP contribution in [0.3, 0.4) is 0 Å². The molecule has 2 unspecified atom stereocenters. The van der Waals surface area contributed by atoms with Crippen LogP contribution in [0.25, 0.3) is 10.4 Å². The number of phenols is 1. The van der Waals surface area contributed by atoms with E-state index in [9.17, 15) is 15.3 Å². The van der Waals surface area contributed by atoms with Gasteiger partial charge >= 0.3 is 0 Å². The Bertz CT molecular complexity index is 432. The second-order valence-corrected chi connectivity index (χ2v) is 3.36. The van der Waals surface area contributed by atoms with Crippen molar-refractivity contribution in [1.29, 1.82) is 0 Å². The predicted molar refractivity (Wildman–Crippen MR) is 59.6 cm³/mol. The average Bonchev–Trinajstić information content (AvgIpc) is 2.34. The Kier molecular flexibility index (Phi) is 4.59. The Hall–Kier alpha value is -1.95. The van der Waals surface area contributed by atoms with Crippen molar-refractivity contribution in [3.63, 3.8) is 0 Å². The zero-order chi connectivity index (χ0) is 12.8. The Labute approximate surface area is 97.5 Å². The summed E-state index contributed by atoms with van der Waals surface area (Å²) in [5.41, 5.74) is 8.40. The molecule has 7 nitrogen and oxygen atoms in total. The van der Waals surface area contributed by atoms with E-state index >= 15 is 0 Å². The van der Waals surface area contributed by atoms with Crippen molar-refractivity contribution in [2.45, 2.75) is 12.2 Å². The Balaban J connectivity index is 2.85. The molecule has 0 aromatic heterocycles. The number of hydrogen-bond acceptors (Lipinski definition) is 5. The molecule has 0 heterocycles. The van der Waals surface area contributed by atoms with Crippen molar-refractivity contribution in [3.8, 4) is 11.5 Å². The third-order valence-corrected chi connectivity index (χ3v) is 2.24. The van der Waals surface area contributed by atoms with Crippen molar-refractivity contribution in [2.24, 2.45) is 5.11 Å². The maximum atomic E-state index is 9.72. The van der Waals surface area contributed by atoms with E-state index in [1.165, 1.54) is 25.3 Å². The van der Waals surface area contributed by atoms with Crippen LogP contribution in [0.2, 0.25) is 0 Å². The van der Waals surface area contributed by atoms with E-state index in [0.717, 1.165) is 0 Å². The smallest absolute Gasteiger partial charge is 0.160 e. The fraction of sp³-hybridized carbons (Fsp3) is 0.400. The molecule has 0 aliphatic rings. The molecule has 17 heavy (non-hydrogen) atoms. The van der Waals surface area contributed by atoms with Gasteiger partial charge in [-0.15, -0.1) is 0 Å². The lowest BCUT2D eigenvalue weighted by Gasteiger charge is -2.16. The summed E-state index contributed by atoms with van der Waals surface area (Å²) in [5.74, 6) is 0.130. The summed E-state index contributed by atoms with van der Waals surface area (Å²) < 4.78 is 4.84. The molecule has 0 aliphatic carbocycles. The summed E-state index contributed by atoms with van der Waals surface area (Å²) >= 11 is 0. The van der Waals surface area contributed by atoms with Gasteiger partial charge in [-0.3, -0.25) is 0 Å². The molecular weight excluding hydrogens is 226 g/mol. The molecule has 2 atom stereocenters. The number of nitrogens with zero attached hydrogens (tertiary/aromatic N) is 3. The molecular formula is C10H13N3O4. The lowest BCUT2D eigenvalue weighted by molar-refractivity contribution is 0.0242. The summed E-state index contributed by atoms with van der Waals surface area (Å²) in [5, 5.41) is 31.9. The van der Waals surface area contributed by atoms with Gasteiger partial charge < -0.3 is 20.1 Å². The first kappa shape index (κ1) is 13.1. The fourth-order valence-electron chi connectivity index (χ4n) is 1.33. The second kappa shape index (κ2) is 5.95. The molecule has 1 aromatic rings. The summed E-state index contributed by atoms with van der Waals surface area (Å²) in [6.45, 7) is -0.246. The molecule has 92 valence electrons. The molecule has 0 aliphatic heterocycles. The molecule has 1 rings (SSSR count). The number of aromatic hydroxyl groups is 1. The van der Waals surface area contributed by atoms with E-state index in [1.54, 1.807) is 0 Å². The van der Waals surface area contributed by atoms with Crippen molar-refractivity contribution < 1.29 is 20.1 Å². The van der Waals surface area contributed by atoms with Gasteiger partial charge in [0, 0.05) is 4.91 Å². The SMILES string of the molecule is COc1ccc(C(O)C(O)CN=[N+]=[N-])cc1O. The molecule has 0 amide bonds. The minimum atomic E-state index is -1.24. The number of phenolic OH excluding ortho intramolecular Hbond substituents is 1. The van der Waals surface area contributed by atoms with Gasteiger partial charge in [0.15, 0.2) is 11.5 Å². The van der Waals surface area contributed by atoms with Crippen molar-refractivity contribution >= 4 is 0 Å². The third-order valence-electron chi connectivity index (χ3n) is 2.24. The van der Waals surface area contributed by atoms with Crippen LogP contribution in [0.15, 0.2) is 23.3 Å². The van der Waals surface area contributed by atoms with E-state index in [2.05, 4.69) is 10.0 Å². The van der Waals surface area contributed by atoms with Crippen LogP contribution in [0.4, 0.5) is 0 Å². The molecule has 7 heteroatoms. The van der Waals surface area contributed by atoms with Gasteiger partial charge in [0.25, 0.3) is 0 Å². The number of hydrogen-bond donors (Lipinski definition) is 3. The van der Waals surface area contributed by atoms with E-state index in [0.29, 0.717) is 5.56 Å². The largest absolute Gasteiger partial charge is 0.504 e. The van der Waals surface area contributed by atoms with E-state index in [1.807, 2.05) is 0 Å². The van der Waals surface area contributed by atoms with Gasteiger partial charge in [0.2, 0.25) is 0 Å². The maximum Gasteiger partial charge on any atom is 0.160 e. The van der Waals surface area contributed by atoms with Gasteiger partial charge in [-0.1, -0.05) is 11.2 Å². The van der Waals surface area contributed by atoms with Crippen LogP contribution in [-0.2, 0) is 0 Å². The Morgan fingerprint density at radius 1 is 1.47 bits per heavy atom. The molecule has 0 radical (unpaired) electrons. The minimum Gasteiger partial charge on any atom is -0.504 e. The number of azide groups is 1. The van der Waals surface area contributed by atoms with E-state index in [4.69, 9.17) is 10.3 Å². The number of rotatable bonds is 5. The number of methoxy groups -OCH3 is 1.